The van der Waals surface area contributed by atoms with Crippen molar-refractivity contribution >= 4 is 11.6 Å². The highest BCUT2D eigenvalue weighted by Gasteiger charge is 2.31. The molecule has 0 bridgehead atoms. The Hall–Kier alpha value is -3.69. The summed E-state index contributed by atoms with van der Waals surface area (Å²) in [5.41, 5.74) is -0.926. The van der Waals surface area contributed by atoms with Crippen LogP contribution >= 0.6 is 0 Å². The normalized spacial score (nSPS) is 12.3. The zero-order chi connectivity index (χ0) is 22.8. The minimum atomic E-state index is -4.61. The molecule has 1 amide bonds. The lowest BCUT2D eigenvalue weighted by atomic mass is 10.1. The topological polar surface area (TPSA) is 73.2 Å². The van der Waals surface area contributed by atoms with E-state index in [0.29, 0.717) is 11.3 Å². The van der Waals surface area contributed by atoms with E-state index in [1.807, 2.05) is 0 Å². The van der Waals surface area contributed by atoms with Gasteiger partial charge in [-0.05, 0) is 55.5 Å². The first-order chi connectivity index (χ1) is 14.6. The lowest BCUT2D eigenvalue weighted by Crippen LogP contribution is -2.33. The zero-order valence-electron chi connectivity index (χ0n) is 16.4. The van der Waals surface area contributed by atoms with Crippen LogP contribution in [0.3, 0.4) is 0 Å². The third kappa shape index (κ3) is 4.90. The largest absolute Gasteiger partial charge is 0.495 e. The van der Waals surface area contributed by atoms with Crippen LogP contribution < -0.4 is 15.6 Å². The number of hydrogen-bond acceptors (Lipinski definition) is 4. The molecule has 1 unspecified atom stereocenters. The highest BCUT2D eigenvalue weighted by Crippen LogP contribution is 2.35. The van der Waals surface area contributed by atoms with Gasteiger partial charge in [0.15, 0.2) is 0 Å². The molecule has 1 N–H and O–H groups in total. The second kappa shape index (κ2) is 8.58. The molecule has 31 heavy (non-hydrogen) atoms. The molecule has 0 saturated heterocycles. The van der Waals surface area contributed by atoms with Crippen LogP contribution in [0.5, 0.6) is 5.75 Å². The van der Waals surface area contributed by atoms with Gasteiger partial charge in [0.25, 0.3) is 5.56 Å². The summed E-state index contributed by atoms with van der Waals surface area (Å²) >= 11 is 0. The molecule has 2 aromatic carbocycles. The van der Waals surface area contributed by atoms with Crippen LogP contribution in [0.1, 0.15) is 18.5 Å². The van der Waals surface area contributed by atoms with E-state index >= 15 is 0 Å². The quantitative estimate of drug-likeness (QED) is 0.608. The van der Waals surface area contributed by atoms with Gasteiger partial charge in [-0.2, -0.15) is 18.3 Å². The number of methoxy groups -OCH3 is 1. The average molecular weight is 435 g/mol. The summed E-state index contributed by atoms with van der Waals surface area (Å²) in [5, 5.41) is 6.50. The molecule has 10 heteroatoms. The van der Waals surface area contributed by atoms with Crippen LogP contribution in [-0.2, 0) is 11.0 Å². The van der Waals surface area contributed by atoms with Gasteiger partial charge in [-0.25, -0.2) is 9.07 Å². The van der Waals surface area contributed by atoms with Gasteiger partial charge in [0, 0.05) is 11.6 Å². The van der Waals surface area contributed by atoms with E-state index in [1.54, 1.807) is 0 Å². The fourth-order valence-corrected chi connectivity index (χ4v) is 2.81. The summed E-state index contributed by atoms with van der Waals surface area (Å²) in [6.07, 6.45) is -4.61. The van der Waals surface area contributed by atoms with Gasteiger partial charge in [0.05, 0.1) is 24.1 Å². The lowest BCUT2D eigenvalue weighted by molar-refractivity contribution is -0.137. The molecule has 1 aromatic heterocycles. The number of nitrogens with one attached hydrogen (secondary N) is 1. The molecule has 0 radical (unpaired) electrons. The highest BCUT2D eigenvalue weighted by atomic mass is 19.4. The van der Waals surface area contributed by atoms with Crippen LogP contribution in [0.2, 0.25) is 0 Å². The van der Waals surface area contributed by atoms with Crippen molar-refractivity contribution in [3.63, 3.8) is 0 Å². The molecule has 1 heterocycles. The maximum atomic E-state index is 13.1. The number of ether oxygens (including phenoxy) is 1. The van der Waals surface area contributed by atoms with E-state index in [1.165, 1.54) is 50.4 Å². The van der Waals surface area contributed by atoms with Gasteiger partial charge in [0.2, 0.25) is 5.91 Å². The average Bonchev–Trinajstić information content (AvgIpc) is 2.73. The van der Waals surface area contributed by atoms with Crippen LogP contribution in [0, 0.1) is 5.82 Å². The first-order valence-corrected chi connectivity index (χ1v) is 9.02. The summed E-state index contributed by atoms with van der Waals surface area (Å²) in [6.45, 7) is 1.37. The number of alkyl halides is 3. The Morgan fingerprint density at radius 3 is 2.39 bits per heavy atom. The molecule has 6 nitrogen and oxygen atoms in total. The predicted molar refractivity (Wildman–Crippen MR) is 105 cm³/mol. The van der Waals surface area contributed by atoms with Crippen molar-refractivity contribution in [3.05, 3.63) is 76.3 Å². The number of halogens is 4. The van der Waals surface area contributed by atoms with Crippen LogP contribution in [0.15, 0.2) is 59.4 Å². The number of anilines is 1. The van der Waals surface area contributed by atoms with E-state index in [2.05, 4.69) is 10.4 Å². The van der Waals surface area contributed by atoms with Crippen molar-refractivity contribution in [2.24, 2.45) is 0 Å². The molecule has 0 aliphatic heterocycles. The minimum Gasteiger partial charge on any atom is -0.495 e. The van der Waals surface area contributed by atoms with Gasteiger partial charge < -0.3 is 10.1 Å². The number of amides is 1. The van der Waals surface area contributed by atoms with E-state index in [9.17, 15) is 27.2 Å². The molecular formula is C21H17F4N3O3. The maximum Gasteiger partial charge on any atom is 0.416 e. The van der Waals surface area contributed by atoms with Gasteiger partial charge in [0.1, 0.15) is 17.6 Å². The first-order valence-electron chi connectivity index (χ1n) is 9.02. The van der Waals surface area contributed by atoms with Crippen molar-refractivity contribution in [3.8, 4) is 17.0 Å². The Balaban J connectivity index is 1.91. The number of nitrogens with zero attached hydrogens (tertiary/aromatic N) is 2. The van der Waals surface area contributed by atoms with E-state index < -0.39 is 35.1 Å². The van der Waals surface area contributed by atoms with Crippen molar-refractivity contribution in [1.82, 2.24) is 9.78 Å². The molecular weight excluding hydrogens is 418 g/mol. The van der Waals surface area contributed by atoms with Crippen LogP contribution in [0.25, 0.3) is 11.3 Å². The second-order valence-electron chi connectivity index (χ2n) is 6.59. The van der Waals surface area contributed by atoms with E-state index in [0.717, 1.165) is 22.9 Å². The SMILES string of the molecule is COc1ccc(C(F)(F)F)cc1NC(=O)C(C)n1nc(-c2ccc(F)cc2)ccc1=O. The second-order valence-corrected chi connectivity index (χ2v) is 6.59. The number of hydrogen-bond donors (Lipinski definition) is 1. The lowest BCUT2D eigenvalue weighted by Gasteiger charge is -2.17. The molecule has 1 atom stereocenters. The molecule has 162 valence electrons. The number of benzene rings is 2. The Kier molecular flexibility index (Phi) is 6.09. The van der Waals surface area contributed by atoms with Gasteiger partial charge >= 0.3 is 6.18 Å². The van der Waals surface area contributed by atoms with Crippen LogP contribution in [-0.4, -0.2) is 22.8 Å². The summed E-state index contributed by atoms with van der Waals surface area (Å²) in [7, 11) is 1.25. The fraction of sp³-hybridized carbons (Fsp3) is 0.190. The third-order valence-corrected chi connectivity index (χ3v) is 4.50. The van der Waals surface area contributed by atoms with Crippen molar-refractivity contribution < 1.29 is 27.1 Å². The van der Waals surface area contributed by atoms with Crippen LogP contribution in [0.4, 0.5) is 23.2 Å². The van der Waals surface area contributed by atoms with Gasteiger partial charge in [-0.3, -0.25) is 9.59 Å². The number of carbonyl (C=O) groups is 1. The van der Waals surface area contributed by atoms with Gasteiger partial charge in [-0.15, -0.1) is 0 Å². The molecule has 0 saturated carbocycles. The zero-order valence-corrected chi connectivity index (χ0v) is 16.4. The molecule has 0 aliphatic carbocycles. The Morgan fingerprint density at radius 2 is 1.77 bits per heavy atom. The Morgan fingerprint density at radius 1 is 1.10 bits per heavy atom. The highest BCUT2D eigenvalue weighted by molar-refractivity contribution is 5.94. The minimum absolute atomic E-state index is 0.0221. The molecule has 0 aliphatic rings. The third-order valence-electron chi connectivity index (χ3n) is 4.50. The molecule has 0 spiro atoms. The molecule has 3 rings (SSSR count). The first kappa shape index (κ1) is 22.0. The van der Waals surface area contributed by atoms with Crippen molar-refractivity contribution in [2.45, 2.75) is 19.1 Å². The standard InChI is InChI=1S/C21H17F4N3O3/c1-12(20(30)26-17-11-14(21(23,24)25)5-9-18(17)31-2)28-19(29)10-8-16(27-28)13-3-6-15(22)7-4-13/h3-12H,1-2H3,(H,26,30). The smallest absolute Gasteiger partial charge is 0.416 e. The summed E-state index contributed by atoms with van der Waals surface area (Å²) in [4.78, 5) is 24.9. The van der Waals surface area contributed by atoms with Crippen molar-refractivity contribution in [1.29, 1.82) is 0 Å². The number of carbonyl (C=O) groups excluding carboxylic acids is 1. The van der Waals surface area contributed by atoms with Gasteiger partial charge in [-0.1, -0.05) is 0 Å². The molecule has 0 fully saturated rings. The summed E-state index contributed by atoms with van der Waals surface area (Å²) in [6, 6.07) is 9.49. The monoisotopic (exact) mass is 435 g/mol. The maximum absolute atomic E-state index is 13.1. The Bertz CT molecular complexity index is 1160. The Labute approximate surface area is 174 Å². The summed E-state index contributed by atoms with van der Waals surface area (Å²) in [5.74, 6) is -1.20. The van der Waals surface area contributed by atoms with E-state index in [-0.39, 0.29) is 11.4 Å². The predicted octanol–water partition coefficient (Wildman–Crippen LogP) is 4.28. The van der Waals surface area contributed by atoms with Crippen molar-refractivity contribution in [2.75, 3.05) is 12.4 Å². The number of aromatic nitrogens is 2. The molecule has 3 aromatic rings. The fourth-order valence-electron chi connectivity index (χ4n) is 2.81. The van der Waals surface area contributed by atoms with E-state index in [4.69, 9.17) is 4.74 Å². The summed E-state index contributed by atoms with van der Waals surface area (Å²) < 4.78 is 58.1. The number of rotatable bonds is 5.